The first-order valence-electron chi connectivity index (χ1n) is 8.14. The average molecular weight is 346 g/mol. The summed E-state index contributed by atoms with van der Waals surface area (Å²) in [6, 6.07) is 20.6. The van der Waals surface area contributed by atoms with E-state index < -0.39 is 5.97 Å². The molecule has 0 aliphatic heterocycles. The van der Waals surface area contributed by atoms with Crippen molar-refractivity contribution in [1.29, 1.82) is 0 Å². The molecule has 0 aliphatic carbocycles. The number of nitrogens with zero attached hydrogens (tertiary/aromatic N) is 1. The van der Waals surface area contributed by atoms with E-state index in [2.05, 4.69) is 15.3 Å². The van der Waals surface area contributed by atoms with Crippen molar-refractivity contribution in [2.75, 3.05) is 7.11 Å². The normalized spacial score (nSPS) is 10.8. The zero-order valence-corrected chi connectivity index (χ0v) is 14.3. The maximum absolute atomic E-state index is 12.1. The molecule has 5 nitrogen and oxygen atoms in total. The molecule has 3 aromatic rings. The lowest BCUT2D eigenvalue weighted by Crippen LogP contribution is -2.19. The van der Waals surface area contributed by atoms with Gasteiger partial charge in [0, 0.05) is 0 Å². The molecule has 130 valence electrons. The van der Waals surface area contributed by atoms with Gasteiger partial charge >= 0.3 is 5.97 Å². The minimum Gasteiger partial charge on any atom is -0.465 e. The summed E-state index contributed by atoms with van der Waals surface area (Å²) < 4.78 is 4.65. The maximum Gasteiger partial charge on any atom is 0.337 e. The molecule has 0 bridgehead atoms. The van der Waals surface area contributed by atoms with Gasteiger partial charge in [0.15, 0.2) is 0 Å². The van der Waals surface area contributed by atoms with Crippen LogP contribution >= 0.6 is 0 Å². The second-order valence-electron chi connectivity index (χ2n) is 5.72. The fourth-order valence-electron chi connectivity index (χ4n) is 2.66. The molecule has 0 radical (unpaired) electrons. The van der Waals surface area contributed by atoms with Crippen molar-refractivity contribution in [3.8, 4) is 0 Å². The molecule has 0 spiro atoms. The topological polar surface area (TPSA) is 67.8 Å². The van der Waals surface area contributed by atoms with Crippen LogP contribution in [0.15, 0.2) is 71.8 Å². The minimum atomic E-state index is -0.392. The Labute approximate surface area is 151 Å². The molecule has 0 atom stereocenters. The highest BCUT2D eigenvalue weighted by molar-refractivity contribution is 5.92. The summed E-state index contributed by atoms with van der Waals surface area (Å²) in [6.45, 7) is 0. The number of fused-ring (bicyclic) bond motifs is 1. The Balaban J connectivity index is 1.61. The van der Waals surface area contributed by atoms with E-state index in [1.165, 1.54) is 13.3 Å². The lowest BCUT2D eigenvalue weighted by molar-refractivity contribution is -0.120. The summed E-state index contributed by atoms with van der Waals surface area (Å²) in [5, 5.41) is 6.14. The van der Waals surface area contributed by atoms with Crippen LogP contribution in [0.1, 0.15) is 21.5 Å². The van der Waals surface area contributed by atoms with Gasteiger partial charge in [-0.3, -0.25) is 4.79 Å². The predicted molar refractivity (Wildman–Crippen MR) is 101 cm³/mol. The first kappa shape index (κ1) is 17.4. The molecular weight excluding hydrogens is 328 g/mol. The molecule has 26 heavy (non-hydrogen) atoms. The monoisotopic (exact) mass is 346 g/mol. The van der Waals surface area contributed by atoms with Gasteiger partial charge in [-0.05, 0) is 34.0 Å². The fraction of sp³-hybridized carbons (Fsp3) is 0.0952. The molecule has 1 amide bonds. The van der Waals surface area contributed by atoms with Gasteiger partial charge in [0.05, 0.1) is 25.3 Å². The molecule has 3 rings (SSSR count). The van der Waals surface area contributed by atoms with E-state index in [1.807, 2.05) is 42.5 Å². The SMILES string of the molecule is COC(=O)c1ccc(/C=N/NC(=O)Cc2cccc3ccccc23)cc1. The van der Waals surface area contributed by atoms with Crippen LogP contribution in [0.5, 0.6) is 0 Å². The average Bonchev–Trinajstić information content (AvgIpc) is 2.68. The number of ether oxygens (including phenoxy) is 1. The molecule has 0 aromatic heterocycles. The number of esters is 1. The van der Waals surface area contributed by atoms with Crippen LogP contribution < -0.4 is 5.43 Å². The van der Waals surface area contributed by atoms with E-state index in [0.717, 1.165) is 21.9 Å². The van der Waals surface area contributed by atoms with E-state index in [9.17, 15) is 9.59 Å². The highest BCUT2D eigenvalue weighted by Gasteiger charge is 2.06. The number of nitrogens with one attached hydrogen (secondary N) is 1. The van der Waals surface area contributed by atoms with Crippen molar-refractivity contribution >= 4 is 28.9 Å². The van der Waals surface area contributed by atoms with Crippen LogP contribution in [0, 0.1) is 0 Å². The van der Waals surface area contributed by atoms with Crippen molar-refractivity contribution in [2.45, 2.75) is 6.42 Å². The second kappa shape index (κ2) is 8.07. The molecule has 0 saturated heterocycles. The molecule has 0 fully saturated rings. The fourth-order valence-corrected chi connectivity index (χ4v) is 2.66. The maximum atomic E-state index is 12.1. The van der Waals surface area contributed by atoms with Gasteiger partial charge in [0.1, 0.15) is 0 Å². The highest BCUT2D eigenvalue weighted by Crippen LogP contribution is 2.18. The van der Waals surface area contributed by atoms with Crippen LogP contribution in [-0.4, -0.2) is 25.2 Å². The molecule has 0 saturated carbocycles. The second-order valence-corrected chi connectivity index (χ2v) is 5.72. The largest absolute Gasteiger partial charge is 0.465 e. The number of hydrogen-bond donors (Lipinski definition) is 1. The van der Waals surface area contributed by atoms with Crippen LogP contribution in [0.2, 0.25) is 0 Å². The van der Waals surface area contributed by atoms with Crippen LogP contribution in [0.3, 0.4) is 0 Å². The van der Waals surface area contributed by atoms with E-state index in [0.29, 0.717) is 5.56 Å². The Morgan fingerprint density at radius 1 is 1.00 bits per heavy atom. The standard InChI is InChI=1S/C21H18N2O3/c1-26-21(25)17-11-9-15(10-12-17)14-22-23-20(24)13-18-7-4-6-16-5-2-3-8-19(16)18/h2-12,14H,13H2,1H3,(H,23,24)/b22-14+. The molecule has 5 heteroatoms. The number of hydrogen-bond acceptors (Lipinski definition) is 4. The molecule has 0 unspecified atom stereocenters. The first-order valence-corrected chi connectivity index (χ1v) is 8.14. The van der Waals surface area contributed by atoms with Gasteiger partial charge in [0.25, 0.3) is 0 Å². The Morgan fingerprint density at radius 2 is 1.73 bits per heavy atom. The Morgan fingerprint density at radius 3 is 2.50 bits per heavy atom. The number of benzene rings is 3. The van der Waals surface area contributed by atoms with Gasteiger partial charge in [-0.2, -0.15) is 5.10 Å². The Hall–Kier alpha value is -3.47. The van der Waals surface area contributed by atoms with Gasteiger partial charge in [-0.1, -0.05) is 54.6 Å². The third-order valence-corrected chi connectivity index (χ3v) is 3.97. The van der Waals surface area contributed by atoms with Gasteiger partial charge in [0.2, 0.25) is 5.91 Å². The zero-order chi connectivity index (χ0) is 18.4. The highest BCUT2D eigenvalue weighted by atomic mass is 16.5. The summed E-state index contributed by atoms with van der Waals surface area (Å²) >= 11 is 0. The van der Waals surface area contributed by atoms with Crippen molar-refractivity contribution in [1.82, 2.24) is 5.43 Å². The van der Waals surface area contributed by atoms with Gasteiger partial charge in [-0.25, -0.2) is 10.2 Å². The quantitative estimate of drug-likeness (QED) is 0.438. The number of amides is 1. The zero-order valence-electron chi connectivity index (χ0n) is 14.3. The number of carbonyl (C=O) groups is 2. The number of hydrazone groups is 1. The predicted octanol–water partition coefficient (Wildman–Crippen LogP) is 3.32. The number of rotatable bonds is 5. The summed E-state index contributed by atoms with van der Waals surface area (Å²) in [5.74, 6) is -0.583. The van der Waals surface area contributed by atoms with E-state index in [4.69, 9.17) is 0 Å². The summed E-state index contributed by atoms with van der Waals surface area (Å²) in [5.41, 5.74) is 4.72. The summed E-state index contributed by atoms with van der Waals surface area (Å²) in [6.07, 6.45) is 1.78. The molecule has 0 heterocycles. The van der Waals surface area contributed by atoms with Gasteiger partial charge < -0.3 is 4.74 Å². The summed E-state index contributed by atoms with van der Waals surface area (Å²) in [7, 11) is 1.34. The molecule has 0 aliphatic rings. The third-order valence-electron chi connectivity index (χ3n) is 3.97. The van der Waals surface area contributed by atoms with E-state index >= 15 is 0 Å². The molecule has 3 aromatic carbocycles. The molecule has 1 N–H and O–H groups in total. The first-order chi connectivity index (χ1) is 12.7. The smallest absolute Gasteiger partial charge is 0.337 e. The van der Waals surface area contributed by atoms with Crippen molar-refractivity contribution in [2.24, 2.45) is 5.10 Å². The van der Waals surface area contributed by atoms with E-state index in [1.54, 1.807) is 24.3 Å². The molecular formula is C21H18N2O3. The minimum absolute atomic E-state index is 0.191. The van der Waals surface area contributed by atoms with Crippen LogP contribution in [0.4, 0.5) is 0 Å². The van der Waals surface area contributed by atoms with Crippen molar-refractivity contribution in [3.05, 3.63) is 83.4 Å². The number of methoxy groups -OCH3 is 1. The van der Waals surface area contributed by atoms with Crippen molar-refractivity contribution < 1.29 is 14.3 Å². The van der Waals surface area contributed by atoms with Crippen LogP contribution in [-0.2, 0) is 16.0 Å². The van der Waals surface area contributed by atoms with E-state index in [-0.39, 0.29) is 12.3 Å². The Bertz CT molecular complexity index is 957. The number of carbonyl (C=O) groups excluding carboxylic acids is 2. The lowest BCUT2D eigenvalue weighted by Gasteiger charge is -2.05. The van der Waals surface area contributed by atoms with Crippen molar-refractivity contribution in [3.63, 3.8) is 0 Å². The summed E-state index contributed by atoms with van der Waals surface area (Å²) in [4.78, 5) is 23.5. The Kier molecular flexibility index (Phi) is 5.39. The van der Waals surface area contributed by atoms with Gasteiger partial charge in [-0.15, -0.1) is 0 Å². The van der Waals surface area contributed by atoms with Crippen LogP contribution in [0.25, 0.3) is 10.8 Å². The lowest BCUT2D eigenvalue weighted by atomic mass is 10.0. The third kappa shape index (κ3) is 4.13.